The van der Waals surface area contributed by atoms with E-state index in [-0.39, 0.29) is 16.2 Å². The van der Waals surface area contributed by atoms with Crippen LogP contribution in [0.3, 0.4) is 0 Å². The summed E-state index contributed by atoms with van der Waals surface area (Å²) in [5.41, 5.74) is 17.9. The number of fused-ring (bicyclic) bond motifs is 12. The third-order valence-corrected chi connectivity index (χ3v) is 15.5. The molecule has 11 rings (SSSR count). The van der Waals surface area contributed by atoms with Gasteiger partial charge in [-0.15, -0.1) is 0 Å². The lowest BCUT2D eigenvalue weighted by molar-refractivity contribution is 0.420. The summed E-state index contributed by atoms with van der Waals surface area (Å²) in [4.78, 5) is 5.40. The molecule has 0 saturated heterocycles. The molecule has 0 radical (unpaired) electrons. The van der Waals surface area contributed by atoms with Crippen molar-refractivity contribution >= 4 is 23.5 Å². The molecule has 54 heavy (non-hydrogen) atoms. The van der Waals surface area contributed by atoms with Gasteiger partial charge >= 0.3 is 0 Å². The molecule has 4 aliphatic rings. The fourth-order valence-electron chi connectivity index (χ4n) is 9.88. The largest absolute Gasteiger partial charge is 0.455 e. The van der Waals surface area contributed by atoms with E-state index in [4.69, 9.17) is 4.74 Å². The molecule has 0 fully saturated rings. The lowest BCUT2D eigenvalue weighted by Gasteiger charge is -2.37. The van der Waals surface area contributed by atoms with E-state index in [1.807, 2.05) is 23.5 Å². The second-order valence-corrected chi connectivity index (χ2v) is 18.9. The van der Waals surface area contributed by atoms with E-state index in [0.29, 0.717) is 0 Å². The molecule has 0 atom stereocenters. The van der Waals surface area contributed by atoms with Crippen LogP contribution in [0.15, 0.2) is 153 Å². The van der Waals surface area contributed by atoms with Crippen LogP contribution in [-0.2, 0) is 16.2 Å². The molecule has 7 aromatic carbocycles. The van der Waals surface area contributed by atoms with Gasteiger partial charge in [0.1, 0.15) is 11.5 Å². The molecule has 0 N–H and O–H groups in total. The smallest absolute Gasteiger partial charge is 0.139 e. The zero-order chi connectivity index (χ0) is 36.7. The van der Waals surface area contributed by atoms with Gasteiger partial charge in [0.2, 0.25) is 0 Å². The molecule has 0 amide bonds. The Morgan fingerprint density at radius 1 is 0.352 bits per heavy atom. The highest BCUT2D eigenvalue weighted by Gasteiger charge is 2.43. The van der Waals surface area contributed by atoms with Crippen molar-refractivity contribution in [3.63, 3.8) is 0 Å². The van der Waals surface area contributed by atoms with Crippen LogP contribution < -0.4 is 4.74 Å². The minimum absolute atomic E-state index is 0.0133. The summed E-state index contributed by atoms with van der Waals surface area (Å²) in [5, 5.41) is 0. The molecule has 2 aliphatic heterocycles. The Morgan fingerprint density at radius 2 is 0.833 bits per heavy atom. The van der Waals surface area contributed by atoms with E-state index in [1.165, 1.54) is 86.3 Å². The summed E-state index contributed by atoms with van der Waals surface area (Å²) < 4.78 is 7.18. The first-order valence-electron chi connectivity index (χ1n) is 19.0. The fraction of sp³-hybridized carbons (Fsp3) is 0.176. The summed E-state index contributed by atoms with van der Waals surface area (Å²) in [5.74, 6) is 1.98. The predicted octanol–water partition coefficient (Wildman–Crippen LogP) is 14.7. The molecule has 0 aromatic heterocycles. The minimum Gasteiger partial charge on any atom is -0.455 e. The van der Waals surface area contributed by atoms with Gasteiger partial charge in [0.25, 0.3) is 0 Å². The molecule has 2 aliphatic carbocycles. The highest BCUT2D eigenvalue weighted by molar-refractivity contribution is 8.05. The van der Waals surface area contributed by atoms with Crippen molar-refractivity contribution in [1.29, 1.82) is 0 Å². The maximum Gasteiger partial charge on any atom is 0.139 e. The van der Waals surface area contributed by atoms with Crippen molar-refractivity contribution in [2.45, 2.75) is 77.4 Å². The second kappa shape index (κ2) is 11.1. The second-order valence-electron chi connectivity index (χ2n) is 16.8. The van der Waals surface area contributed by atoms with Gasteiger partial charge < -0.3 is 4.74 Å². The number of hydrogen-bond acceptors (Lipinski definition) is 3. The van der Waals surface area contributed by atoms with Crippen LogP contribution in [0, 0.1) is 0 Å². The number of ether oxygens (including phenoxy) is 1. The SMILES string of the molecule is CC1(C)c2cccc(-c3ccc(-c4cccc5c4Sc4c(ccc6c4-c4ccccc4C6(C)C)S5)cc3)c2Oc2c1ccc1c2-c2ccccc2C1(C)C. The zero-order valence-electron chi connectivity index (χ0n) is 31.4. The Morgan fingerprint density at radius 3 is 1.56 bits per heavy atom. The molecular formula is C51H40OS2. The summed E-state index contributed by atoms with van der Waals surface area (Å²) in [6, 6.07) is 49.9. The molecule has 3 heteroatoms. The lowest BCUT2D eigenvalue weighted by atomic mass is 9.73. The van der Waals surface area contributed by atoms with Crippen LogP contribution >= 0.6 is 23.5 Å². The first-order chi connectivity index (χ1) is 26.0. The van der Waals surface area contributed by atoms with Crippen molar-refractivity contribution in [3.05, 3.63) is 167 Å². The average Bonchev–Trinajstić information content (AvgIpc) is 3.57. The Balaban J connectivity index is 0.988. The first kappa shape index (κ1) is 32.5. The van der Waals surface area contributed by atoms with Crippen LogP contribution in [0.25, 0.3) is 44.5 Å². The first-order valence-corrected chi connectivity index (χ1v) is 20.6. The normalized spacial score (nSPS) is 16.8. The van der Waals surface area contributed by atoms with Gasteiger partial charge in [0.15, 0.2) is 0 Å². The van der Waals surface area contributed by atoms with Crippen molar-refractivity contribution in [2.75, 3.05) is 0 Å². The van der Waals surface area contributed by atoms with E-state index in [0.717, 1.165) is 22.6 Å². The number of rotatable bonds is 2. The van der Waals surface area contributed by atoms with Gasteiger partial charge in [-0.1, -0.05) is 186 Å². The summed E-state index contributed by atoms with van der Waals surface area (Å²) in [6.07, 6.45) is 0. The number of para-hydroxylation sites is 1. The van der Waals surface area contributed by atoms with Crippen molar-refractivity contribution in [2.24, 2.45) is 0 Å². The predicted molar refractivity (Wildman–Crippen MR) is 226 cm³/mol. The topological polar surface area (TPSA) is 9.23 Å². The van der Waals surface area contributed by atoms with Crippen LogP contribution in [0.4, 0.5) is 0 Å². The maximum absolute atomic E-state index is 7.18. The molecule has 0 unspecified atom stereocenters. The van der Waals surface area contributed by atoms with Gasteiger partial charge in [-0.3, -0.25) is 0 Å². The van der Waals surface area contributed by atoms with E-state index in [2.05, 4.69) is 175 Å². The lowest BCUT2D eigenvalue weighted by Crippen LogP contribution is -2.25. The Kier molecular flexibility index (Phi) is 6.65. The summed E-state index contributed by atoms with van der Waals surface area (Å²) >= 11 is 3.86. The standard InChI is InChI=1S/C51H40OS2/c1-49(2)35-17-9-7-13-33(35)43-37(49)25-26-40-46(43)52-45-31(15-11-19-39(45)51(40,5)6)29-21-23-30(24-22-29)32-16-12-20-41-47(32)54-48-42(53-41)28-27-38-44(48)34-14-8-10-18-36(34)50(38,3)4/h7-28H,1-6H3. The Bertz CT molecular complexity index is 2770. The van der Waals surface area contributed by atoms with E-state index in [1.54, 1.807) is 0 Å². The highest BCUT2D eigenvalue weighted by atomic mass is 32.2. The van der Waals surface area contributed by atoms with E-state index in [9.17, 15) is 0 Å². The summed E-state index contributed by atoms with van der Waals surface area (Å²) in [6.45, 7) is 14.1. The minimum atomic E-state index is -0.222. The third-order valence-electron chi connectivity index (χ3n) is 12.8. The van der Waals surface area contributed by atoms with E-state index < -0.39 is 0 Å². The molecule has 0 saturated carbocycles. The van der Waals surface area contributed by atoms with Gasteiger partial charge in [-0.25, -0.2) is 0 Å². The number of hydrogen-bond donors (Lipinski definition) is 0. The van der Waals surface area contributed by atoms with Gasteiger partial charge in [0.05, 0.1) is 0 Å². The average molecular weight is 733 g/mol. The fourth-order valence-corrected chi connectivity index (χ4v) is 12.5. The quantitative estimate of drug-likeness (QED) is 0.175. The summed E-state index contributed by atoms with van der Waals surface area (Å²) in [7, 11) is 0. The third kappa shape index (κ3) is 4.26. The van der Waals surface area contributed by atoms with Crippen LogP contribution in [-0.4, -0.2) is 0 Å². The molecule has 2 heterocycles. The molecule has 0 bridgehead atoms. The Hall–Kier alpha value is -4.96. The molecule has 0 spiro atoms. The molecule has 262 valence electrons. The van der Waals surface area contributed by atoms with Crippen LogP contribution in [0.5, 0.6) is 11.5 Å². The monoisotopic (exact) mass is 732 g/mol. The molecule has 1 nitrogen and oxygen atoms in total. The van der Waals surface area contributed by atoms with Gasteiger partial charge in [-0.05, 0) is 62.2 Å². The zero-order valence-corrected chi connectivity index (χ0v) is 33.1. The van der Waals surface area contributed by atoms with Crippen LogP contribution in [0.1, 0.15) is 74.9 Å². The van der Waals surface area contributed by atoms with Gasteiger partial charge in [-0.2, -0.15) is 0 Å². The molecular weight excluding hydrogens is 693 g/mol. The maximum atomic E-state index is 7.18. The number of benzene rings is 7. The van der Waals surface area contributed by atoms with Crippen LogP contribution in [0.2, 0.25) is 0 Å². The van der Waals surface area contributed by atoms with Gasteiger partial charge in [0, 0.05) is 63.6 Å². The van der Waals surface area contributed by atoms with Crippen molar-refractivity contribution in [3.8, 4) is 56.0 Å². The Labute approximate surface area is 326 Å². The van der Waals surface area contributed by atoms with Crippen molar-refractivity contribution in [1.82, 2.24) is 0 Å². The van der Waals surface area contributed by atoms with E-state index >= 15 is 0 Å². The highest BCUT2D eigenvalue weighted by Crippen LogP contribution is 2.61. The van der Waals surface area contributed by atoms with Crippen molar-refractivity contribution < 1.29 is 4.74 Å². The molecule has 7 aromatic rings.